The molecular weight excluding hydrogens is 570 g/mol. The maximum atomic E-state index is 12.2. The lowest BCUT2D eigenvalue weighted by atomic mass is 10.2. The molecule has 0 amide bonds. The van der Waals surface area contributed by atoms with Gasteiger partial charge in [0.05, 0.1) is 44.2 Å². The molecule has 0 rings (SSSR count). The van der Waals surface area contributed by atoms with Crippen LogP contribution in [0.25, 0.3) is 0 Å². The summed E-state index contributed by atoms with van der Waals surface area (Å²) in [4.78, 5) is 30.4. The SMILES string of the molecule is CCC(O)CN(CCCC(=O)OCCCN(CCO)CCCOC(=O)CCCN(CC(O)CC)CC(O)CC)CC(O)CC. The fourth-order valence-electron chi connectivity index (χ4n) is 4.69. The van der Waals surface area contributed by atoms with Gasteiger partial charge in [0, 0.05) is 58.7 Å². The maximum absolute atomic E-state index is 12.2. The molecule has 0 aromatic rings. The highest BCUT2D eigenvalue weighted by Crippen LogP contribution is 2.07. The quantitative estimate of drug-likeness (QED) is 0.0570. The minimum absolute atomic E-state index is 0.00545. The van der Waals surface area contributed by atoms with Crippen molar-refractivity contribution in [3.63, 3.8) is 0 Å². The normalized spacial score (nSPS) is 14.6. The van der Waals surface area contributed by atoms with Gasteiger partial charge in [0.25, 0.3) is 0 Å². The molecule has 262 valence electrons. The number of hydrogen-bond acceptors (Lipinski definition) is 12. The Kier molecular flexibility index (Phi) is 27.0. The van der Waals surface area contributed by atoms with E-state index < -0.39 is 24.4 Å². The van der Waals surface area contributed by atoms with Gasteiger partial charge in [-0.25, -0.2) is 0 Å². The second-order valence-electron chi connectivity index (χ2n) is 11.7. The molecule has 44 heavy (non-hydrogen) atoms. The lowest BCUT2D eigenvalue weighted by molar-refractivity contribution is -0.144. The van der Waals surface area contributed by atoms with Crippen molar-refractivity contribution in [1.82, 2.24) is 14.7 Å². The van der Waals surface area contributed by atoms with Crippen LogP contribution in [-0.4, -0.2) is 155 Å². The van der Waals surface area contributed by atoms with E-state index in [4.69, 9.17) is 9.47 Å². The van der Waals surface area contributed by atoms with Crippen LogP contribution < -0.4 is 0 Å². The van der Waals surface area contributed by atoms with Crippen molar-refractivity contribution in [2.24, 2.45) is 0 Å². The summed E-state index contributed by atoms with van der Waals surface area (Å²) in [5.74, 6) is -0.548. The fraction of sp³-hybridized carbons (Fsp3) is 0.938. The Morgan fingerprint density at radius 1 is 0.523 bits per heavy atom. The first-order valence-electron chi connectivity index (χ1n) is 16.9. The van der Waals surface area contributed by atoms with Crippen LogP contribution in [0.2, 0.25) is 0 Å². The molecule has 0 heterocycles. The zero-order chi connectivity index (χ0) is 33.2. The fourth-order valence-corrected chi connectivity index (χ4v) is 4.69. The third-order valence-corrected chi connectivity index (χ3v) is 7.65. The van der Waals surface area contributed by atoms with Gasteiger partial charge in [0.2, 0.25) is 0 Å². The summed E-state index contributed by atoms with van der Waals surface area (Å²) in [5, 5.41) is 49.3. The molecule has 0 saturated heterocycles. The monoisotopic (exact) mass is 635 g/mol. The second-order valence-corrected chi connectivity index (χ2v) is 11.7. The number of aliphatic hydroxyl groups excluding tert-OH is 5. The molecule has 0 fully saturated rings. The van der Waals surface area contributed by atoms with E-state index in [9.17, 15) is 35.1 Å². The molecule has 0 radical (unpaired) electrons. The maximum Gasteiger partial charge on any atom is 0.305 e. The van der Waals surface area contributed by atoms with E-state index in [-0.39, 0.29) is 44.6 Å². The van der Waals surface area contributed by atoms with Gasteiger partial charge in [-0.05, 0) is 64.5 Å². The number of rotatable bonds is 30. The number of ether oxygens (including phenoxy) is 2. The van der Waals surface area contributed by atoms with Crippen molar-refractivity contribution in [2.75, 3.05) is 78.7 Å². The van der Waals surface area contributed by atoms with Gasteiger partial charge < -0.3 is 39.9 Å². The predicted molar refractivity (Wildman–Crippen MR) is 171 cm³/mol. The van der Waals surface area contributed by atoms with Crippen molar-refractivity contribution in [1.29, 1.82) is 0 Å². The molecule has 0 aliphatic rings. The molecule has 0 aliphatic carbocycles. The Balaban J connectivity index is 4.22. The van der Waals surface area contributed by atoms with Gasteiger partial charge in [-0.3, -0.25) is 19.4 Å². The molecule has 0 saturated carbocycles. The molecule has 0 aliphatic heterocycles. The van der Waals surface area contributed by atoms with Crippen LogP contribution in [-0.2, 0) is 19.1 Å². The standard InChI is InChI=1S/C32H65N3O9/c1-5-27(37)23-34(24-28(38)6-2)15-9-13-31(41)43-21-11-17-33(19-20-36)18-12-22-44-32(42)14-10-16-35(25-29(39)7-3)26-30(40)8-4/h27-30,36-40H,5-26H2,1-4H3. The Bertz CT molecular complexity index is 626. The lowest BCUT2D eigenvalue weighted by Gasteiger charge is -2.26. The van der Waals surface area contributed by atoms with Crippen LogP contribution in [0.4, 0.5) is 0 Å². The molecule has 0 aromatic carbocycles. The summed E-state index contributed by atoms with van der Waals surface area (Å²) in [7, 11) is 0. The zero-order valence-electron chi connectivity index (χ0n) is 28.1. The Morgan fingerprint density at radius 2 is 0.841 bits per heavy atom. The summed E-state index contributed by atoms with van der Waals surface area (Å²) < 4.78 is 10.8. The average molecular weight is 636 g/mol. The number of carbonyl (C=O) groups is 2. The largest absolute Gasteiger partial charge is 0.466 e. The van der Waals surface area contributed by atoms with E-state index in [1.54, 1.807) is 0 Å². The van der Waals surface area contributed by atoms with Crippen molar-refractivity contribution in [3.8, 4) is 0 Å². The van der Waals surface area contributed by atoms with Gasteiger partial charge in [-0.15, -0.1) is 0 Å². The first-order chi connectivity index (χ1) is 21.1. The molecule has 4 unspecified atom stereocenters. The number of carbonyl (C=O) groups excluding carboxylic acids is 2. The molecule has 0 aromatic heterocycles. The minimum Gasteiger partial charge on any atom is -0.466 e. The molecule has 0 spiro atoms. The van der Waals surface area contributed by atoms with Crippen LogP contribution in [0, 0.1) is 0 Å². The van der Waals surface area contributed by atoms with E-state index in [0.717, 1.165) is 0 Å². The van der Waals surface area contributed by atoms with Crippen molar-refractivity contribution < 1.29 is 44.6 Å². The van der Waals surface area contributed by atoms with Gasteiger partial charge >= 0.3 is 11.9 Å². The average Bonchev–Trinajstić information content (AvgIpc) is 3.00. The lowest BCUT2D eigenvalue weighted by Crippen LogP contribution is -2.38. The highest BCUT2D eigenvalue weighted by Gasteiger charge is 2.16. The Labute approximate surface area is 266 Å². The smallest absolute Gasteiger partial charge is 0.305 e. The summed E-state index contributed by atoms with van der Waals surface area (Å²) in [6, 6.07) is 0. The first kappa shape index (κ1) is 42.6. The predicted octanol–water partition coefficient (Wildman–Crippen LogP) is 1.40. The second kappa shape index (κ2) is 27.9. The Hall–Kier alpha value is -1.38. The number of nitrogens with zero attached hydrogens (tertiary/aromatic N) is 3. The molecule has 12 heteroatoms. The van der Waals surface area contributed by atoms with Gasteiger partial charge in [-0.1, -0.05) is 27.7 Å². The topological polar surface area (TPSA) is 163 Å². The van der Waals surface area contributed by atoms with Crippen LogP contribution in [0.1, 0.15) is 91.9 Å². The van der Waals surface area contributed by atoms with E-state index in [2.05, 4.69) is 0 Å². The Morgan fingerprint density at radius 3 is 1.14 bits per heavy atom. The third-order valence-electron chi connectivity index (χ3n) is 7.65. The number of hydrogen-bond donors (Lipinski definition) is 5. The van der Waals surface area contributed by atoms with E-state index in [0.29, 0.717) is 110 Å². The van der Waals surface area contributed by atoms with E-state index >= 15 is 0 Å². The minimum atomic E-state index is -0.459. The van der Waals surface area contributed by atoms with Crippen LogP contribution in [0.5, 0.6) is 0 Å². The van der Waals surface area contributed by atoms with Crippen molar-refractivity contribution >= 4 is 11.9 Å². The van der Waals surface area contributed by atoms with Crippen LogP contribution in [0.3, 0.4) is 0 Å². The van der Waals surface area contributed by atoms with Gasteiger partial charge in [-0.2, -0.15) is 0 Å². The van der Waals surface area contributed by atoms with Crippen LogP contribution >= 0.6 is 0 Å². The zero-order valence-corrected chi connectivity index (χ0v) is 28.1. The molecule has 5 N–H and O–H groups in total. The molecule has 12 nitrogen and oxygen atoms in total. The van der Waals surface area contributed by atoms with E-state index in [1.807, 2.05) is 42.4 Å². The molecular formula is C32H65N3O9. The summed E-state index contributed by atoms with van der Waals surface area (Å²) >= 11 is 0. The number of esters is 2. The van der Waals surface area contributed by atoms with Crippen molar-refractivity contribution in [3.05, 3.63) is 0 Å². The van der Waals surface area contributed by atoms with Gasteiger partial charge in [0.15, 0.2) is 0 Å². The molecule has 0 bridgehead atoms. The highest BCUT2D eigenvalue weighted by molar-refractivity contribution is 5.69. The van der Waals surface area contributed by atoms with Crippen molar-refractivity contribution in [2.45, 2.75) is 116 Å². The summed E-state index contributed by atoms with van der Waals surface area (Å²) in [5.41, 5.74) is 0. The van der Waals surface area contributed by atoms with Crippen LogP contribution in [0.15, 0.2) is 0 Å². The summed E-state index contributed by atoms with van der Waals surface area (Å²) in [6.45, 7) is 13.1. The summed E-state index contributed by atoms with van der Waals surface area (Å²) in [6.07, 6.45) is 3.67. The van der Waals surface area contributed by atoms with E-state index in [1.165, 1.54) is 0 Å². The highest BCUT2D eigenvalue weighted by atomic mass is 16.5. The third kappa shape index (κ3) is 23.9. The molecule has 4 atom stereocenters. The van der Waals surface area contributed by atoms with Gasteiger partial charge in [0.1, 0.15) is 0 Å². The first-order valence-corrected chi connectivity index (χ1v) is 16.9. The number of aliphatic hydroxyl groups is 5.